The third-order valence-electron chi connectivity index (χ3n) is 1.80. The Hall–Kier alpha value is -0.550. The molecule has 0 aliphatic rings. The van der Waals surface area contributed by atoms with Crippen LogP contribution in [0.1, 0.15) is 24.6 Å². The van der Waals surface area contributed by atoms with E-state index in [0.29, 0.717) is 12.4 Å². The molecule has 0 atom stereocenters. The lowest BCUT2D eigenvalue weighted by Gasteiger charge is -2.00. The number of aromatic nitrogens is 2. The average molecular weight is 215 g/mol. The SMILES string of the molecule is CSCCCCNCc1noc(C)n1. The van der Waals surface area contributed by atoms with Crippen LogP contribution in [-0.4, -0.2) is 28.7 Å². The fourth-order valence-corrected chi connectivity index (χ4v) is 1.60. The van der Waals surface area contributed by atoms with Gasteiger partial charge >= 0.3 is 0 Å². The van der Waals surface area contributed by atoms with Gasteiger partial charge in [-0.25, -0.2) is 0 Å². The monoisotopic (exact) mass is 215 g/mol. The molecule has 0 aromatic carbocycles. The van der Waals surface area contributed by atoms with Crippen molar-refractivity contribution < 1.29 is 4.52 Å². The Morgan fingerprint density at radius 1 is 1.43 bits per heavy atom. The predicted octanol–water partition coefficient (Wildman–Crippen LogP) is 1.61. The van der Waals surface area contributed by atoms with Crippen molar-refractivity contribution in [1.29, 1.82) is 0 Å². The topological polar surface area (TPSA) is 51.0 Å². The Bertz CT molecular complexity index is 252. The Balaban J connectivity index is 1.99. The number of thioether (sulfide) groups is 1. The molecule has 0 aliphatic heterocycles. The molecule has 0 saturated heterocycles. The van der Waals surface area contributed by atoms with Crippen molar-refractivity contribution >= 4 is 11.8 Å². The minimum absolute atomic E-state index is 0.629. The Labute approximate surface area is 88.8 Å². The molecule has 0 bridgehead atoms. The second-order valence-electron chi connectivity index (χ2n) is 3.11. The van der Waals surface area contributed by atoms with Gasteiger partial charge in [0.15, 0.2) is 5.82 Å². The molecule has 80 valence electrons. The van der Waals surface area contributed by atoms with Crippen LogP contribution in [0.2, 0.25) is 0 Å². The quantitative estimate of drug-likeness (QED) is 0.700. The maximum absolute atomic E-state index is 4.86. The molecule has 0 aliphatic carbocycles. The first-order valence-electron chi connectivity index (χ1n) is 4.82. The van der Waals surface area contributed by atoms with Gasteiger partial charge in [0.25, 0.3) is 0 Å². The highest BCUT2D eigenvalue weighted by Crippen LogP contribution is 1.98. The fraction of sp³-hybridized carbons (Fsp3) is 0.778. The minimum Gasteiger partial charge on any atom is -0.340 e. The number of nitrogens with one attached hydrogen (secondary N) is 1. The van der Waals surface area contributed by atoms with Crippen LogP contribution in [0.25, 0.3) is 0 Å². The number of nitrogens with zero attached hydrogens (tertiary/aromatic N) is 2. The summed E-state index contributed by atoms with van der Waals surface area (Å²) in [4.78, 5) is 4.10. The summed E-state index contributed by atoms with van der Waals surface area (Å²) in [7, 11) is 0. The maximum atomic E-state index is 4.86. The van der Waals surface area contributed by atoms with Crippen LogP contribution in [0.15, 0.2) is 4.52 Å². The summed E-state index contributed by atoms with van der Waals surface area (Å²) in [6.45, 7) is 3.53. The zero-order valence-corrected chi connectivity index (χ0v) is 9.56. The summed E-state index contributed by atoms with van der Waals surface area (Å²) in [6.07, 6.45) is 4.60. The van der Waals surface area contributed by atoms with Crippen molar-refractivity contribution in [3.05, 3.63) is 11.7 Å². The summed E-state index contributed by atoms with van der Waals surface area (Å²) in [6, 6.07) is 0. The van der Waals surface area contributed by atoms with E-state index in [2.05, 4.69) is 21.7 Å². The molecule has 5 heteroatoms. The van der Waals surface area contributed by atoms with E-state index in [1.807, 2.05) is 11.8 Å². The van der Waals surface area contributed by atoms with Crippen LogP contribution in [0.4, 0.5) is 0 Å². The molecular weight excluding hydrogens is 198 g/mol. The molecule has 1 aromatic rings. The van der Waals surface area contributed by atoms with Gasteiger partial charge in [0.05, 0.1) is 6.54 Å². The van der Waals surface area contributed by atoms with Crippen LogP contribution >= 0.6 is 11.8 Å². The Morgan fingerprint density at radius 3 is 2.93 bits per heavy atom. The second-order valence-corrected chi connectivity index (χ2v) is 4.09. The van der Waals surface area contributed by atoms with Crippen molar-refractivity contribution in [3.63, 3.8) is 0 Å². The van der Waals surface area contributed by atoms with Gasteiger partial charge in [-0.05, 0) is 31.4 Å². The van der Waals surface area contributed by atoms with Gasteiger partial charge in [-0.3, -0.25) is 0 Å². The molecule has 0 fully saturated rings. The van der Waals surface area contributed by atoms with Crippen molar-refractivity contribution in [2.75, 3.05) is 18.6 Å². The normalized spacial score (nSPS) is 10.7. The molecular formula is C9H17N3OS. The van der Waals surface area contributed by atoms with Gasteiger partial charge in [-0.15, -0.1) is 0 Å². The van der Waals surface area contributed by atoms with Crippen LogP contribution in [-0.2, 0) is 6.54 Å². The fourth-order valence-electron chi connectivity index (χ4n) is 1.11. The van der Waals surface area contributed by atoms with Gasteiger partial charge in [0.2, 0.25) is 5.89 Å². The number of hydrogen-bond donors (Lipinski definition) is 1. The molecule has 0 amide bonds. The van der Waals surface area contributed by atoms with E-state index in [9.17, 15) is 0 Å². The molecule has 4 nitrogen and oxygen atoms in total. The Kier molecular flexibility index (Phi) is 5.63. The van der Waals surface area contributed by atoms with Gasteiger partial charge in [-0.2, -0.15) is 16.7 Å². The van der Waals surface area contributed by atoms with Crippen molar-refractivity contribution in [3.8, 4) is 0 Å². The third kappa shape index (κ3) is 4.62. The summed E-state index contributed by atoms with van der Waals surface area (Å²) < 4.78 is 4.86. The Morgan fingerprint density at radius 2 is 2.29 bits per heavy atom. The van der Waals surface area contributed by atoms with Crippen LogP contribution < -0.4 is 5.32 Å². The van der Waals surface area contributed by atoms with Crippen molar-refractivity contribution in [2.45, 2.75) is 26.3 Å². The second kappa shape index (κ2) is 6.84. The van der Waals surface area contributed by atoms with Crippen LogP contribution in [0.3, 0.4) is 0 Å². The maximum Gasteiger partial charge on any atom is 0.223 e. The number of aryl methyl sites for hydroxylation is 1. The highest BCUT2D eigenvalue weighted by molar-refractivity contribution is 7.98. The number of rotatable bonds is 7. The lowest BCUT2D eigenvalue weighted by atomic mass is 10.3. The first-order chi connectivity index (χ1) is 6.83. The van der Waals surface area contributed by atoms with E-state index >= 15 is 0 Å². The molecule has 0 radical (unpaired) electrons. The molecule has 0 saturated carbocycles. The zero-order chi connectivity index (χ0) is 10.2. The number of hydrogen-bond acceptors (Lipinski definition) is 5. The minimum atomic E-state index is 0.629. The molecule has 1 rings (SSSR count). The van der Waals surface area contributed by atoms with E-state index in [4.69, 9.17) is 4.52 Å². The summed E-state index contributed by atoms with van der Waals surface area (Å²) in [5, 5.41) is 7.08. The zero-order valence-electron chi connectivity index (χ0n) is 8.75. The van der Waals surface area contributed by atoms with E-state index in [1.165, 1.54) is 18.6 Å². The van der Waals surface area contributed by atoms with E-state index in [0.717, 1.165) is 12.4 Å². The van der Waals surface area contributed by atoms with Gasteiger partial charge in [0.1, 0.15) is 0 Å². The average Bonchev–Trinajstić information content (AvgIpc) is 2.58. The van der Waals surface area contributed by atoms with E-state index in [-0.39, 0.29) is 0 Å². The molecule has 14 heavy (non-hydrogen) atoms. The van der Waals surface area contributed by atoms with E-state index in [1.54, 1.807) is 6.92 Å². The molecule has 1 heterocycles. The first kappa shape index (κ1) is 11.5. The summed E-state index contributed by atoms with van der Waals surface area (Å²) in [5.74, 6) is 2.61. The van der Waals surface area contributed by atoms with Crippen molar-refractivity contribution in [1.82, 2.24) is 15.5 Å². The first-order valence-corrected chi connectivity index (χ1v) is 6.21. The predicted molar refractivity (Wildman–Crippen MR) is 58.4 cm³/mol. The lowest BCUT2D eigenvalue weighted by molar-refractivity contribution is 0.385. The summed E-state index contributed by atoms with van der Waals surface area (Å²) in [5.41, 5.74) is 0. The molecule has 0 spiro atoms. The molecule has 0 unspecified atom stereocenters. The number of unbranched alkanes of at least 4 members (excludes halogenated alkanes) is 1. The van der Waals surface area contributed by atoms with Crippen LogP contribution in [0.5, 0.6) is 0 Å². The lowest BCUT2D eigenvalue weighted by Crippen LogP contribution is -2.15. The van der Waals surface area contributed by atoms with Crippen LogP contribution in [0, 0.1) is 6.92 Å². The molecule has 1 N–H and O–H groups in total. The van der Waals surface area contributed by atoms with E-state index < -0.39 is 0 Å². The molecule has 1 aromatic heterocycles. The largest absolute Gasteiger partial charge is 0.340 e. The standard InChI is InChI=1S/C9H17N3OS/c1-8-11-9(12-13-8)7-10-5-3-4-6-14-2/h10H,3-7H2,1-2H3. The van der Waals surface area contributed by atoms with Gasteiger partial charge < -0.3 is 9.84 Å². The van der Waals surface area contributed by atoms with Crippen molar-refractivity contribution in [2.24, 2.45) is 0 Å². The smallest absolute Gasteiger partial charge is 0.223 e. The third-order valence-corrected chi connectivity index (χ3v) is 2.50. The highest BCUT2D eigenvalue weighted by Gasteiger charge is 1.99. The van der Waals surface area contributed by atoms with Gasteiger partial charge in [-0.1, -0.05) is 5.16 Å². The summed E-state index contributed by atoms with van der Waals surface area (Å²) >= 11 is 1.89. The van der Waals surface area contributed by atoms with Gasteiger partial charge in [0, 0.05) is 6.92 Å². The highest BCUT2D eigenvalue weighted by atomic mass is 32.2.